The molecule has 2 aromatic rings. The van der Waals surface area contributed by atoms with Gasteiger partial charge in [0.25, 0.3) is 0 Å². The lowest BCUT2D eigenvalue weighted by Gasteiger charge is -2.34. The van der Waals surface area contributed by atoms with Gasteiger partial charge in [0.2, 0.25) is 5.91 Å². The molecule has 1 aromatic heterocycles. The fourth-order valence-corrected chi connectivity index (χ4v) is 4.29. The highest BCUT2D eigenvalue weighted by Gasteiger charge is 2.29. The summed E-state index contributed by atoms with van der Waals surface area (Å²) in [5.41, 5.74) is 1.98. The summed E-state index contributed by atoms with van der Waals surface area (Å²) in [6.45, 7) is 2.72. The van der Waals surface area contributed by atoms with E-state index in [4.69, 9.17) is 0 Å². The third-order valence-corrected chi connectivity index (χ3v) is 5.66. The maximum atomic E-state index is 12.8. The Morgan fingerprint density at radius 3 is 2.84 bits per heavy atom. The number of thiazole rings is 1. The average Bonchev–Trinajstić information content (AvgIpc) is 3.06. The van der Waals surface area contributed by atoms with Gasteiger partial charge in [-0.05, 0) is 44.2 Å². The van der Waals surface area contributed by atoms with Crippen LogP contribution < -0.4 is 0 Å². The molecule has 0 aliphatic carbocycles. The molecule has 1 fully saturated rings. The maximum absolute atomic E-state index is 12.8. The molecule has 1 N–H and O–H groups in total. The number of aromatic nitrogens is 1. The first-order chi connectivity index (χ1) is 12.1. The van der Waals surface area contributed by atoms with Crippen molar-refractivity contribution in [3.05, 3.63) is 51.5 Å². The smallest absolute Gasteiger partial charge is 0.335 e. The van der Waals surface area contributed by atoms with E-state index in [0.717, 1.165) is 36.5 Å². The predicted molar refractivity (Wildman–Crippen MR) is 96.9 cm³/mol. The second kappa shape index (κ2) is 7.78. The van der Waals surface area contributed by atoms with Gasteiger partial charge in [-0.1, -0.05) is 18.2 Å². The SMILES string of the molecule is Cc1csc(C2CCCCN2C(=O)CCc2ccccc2C(=O)O)n1. The van der Waals surface area contributed by atoms with Crippen LogP contribution in [0, 0.1) is 6.92 Å². The number of carbonyl (C=O) groups is 2. The lowest BCUT2D eigenvalue weighted by molar-refractivity contribution is -0.135. The predicted octanol–water partition coefficient (Wildman–Crippen LogP) is 3.84. The van der Waals surface area contributed by atoms with Gasteiger partial charge in [0.15, 0.2) is 0 Å². The van der Waals surface area contributed by atoms with Crippen LogP contribution in [-0.4, -0.2) is 33.4 Å². The number of piperidine rings is 1. The molecular weight excluding hydrogens is 336 g/mol. The van der Waals surface area contributed by atoms with Gasteiger partial charge >= 0.3 is 5.97 Å². The molecule has 0 bridgehead atoms. The van der Waals surface area contributed by atoms with Crippen molar-refractivity contribution >= 4 is 23.2 Å². The van der Waals surface area contributed by atoms with E-state index in [1.54, 1.807) is 29.5 Å². The number of aryl methyl sites for hydroxylation is 2. The van der Waals surface area contributed by atoms with Gasteiger partial charge in [0, 0.05) is 24.0 Å². The van der Waals surface area contributed by atoms with Crippen molar-refractivity contribution in [2.24, 2.45) is 0 Å². The lowest BCUT2D eigenvalue weighted by Crippen LogP contribution is -2.38. The summed E-state index contributed by atoms with van der Waals surface area (Å²) < 4.78 is 0. The minimum atomic E-state index is -0.947. The van der Waals surface area contributed by atoms with Gasteiger partial charge in [0.05, 0.1) is 11.6 Å². The van der Waals surface area contributed by atoms with Gasteiger partial charge in [-0.3, -0.25) is 4.79 Å². The number of hydrogen-bond acceptors (Lipinski definition) is 4. The van der Waals surface area contributed by atoms with Gasteiger partial charge in [-0.2, -0.15) is 0 Å². The Balaban J connectivity index is 1.70. The molecular formula is C19H22N2O3S. The summed E-state index contributed by atoms with van der Waals surface area (Å²) in [5, 5.41) is 12.3. The molecule has 3 rings (SSSR count). The molecule has 132 valence electrons. The van der Waals surface area contributed by atoms with Gasteiger partial charge < -0.3 is 10.0 Å². The molecule has 5 nitrogen and oxygen atoms in total. The Kier molecular flexibility index (Phi) is 5.48. The number of aromatic carboxylic acids is 1. The van der Waals surface area contributed by atoms with Crippen molar-refractivity contribution < 1.29 is 14.7 Å². The Morgan fingerprint density at radius 2 is 2.12 bits per heavy atom. The number of carbonyl (C=O) groups excluding carboxylic acids is 1. The third kappa shape index (κ3) is 4.07. The largest absolute Gasteiger partial charge is 0.478 e. The fourth-order valence-electron chi connectivity index (χ4n) is 3.34. The molecule has 0 spiro atoms. The molecule has 1 unspecified atom stereocenters. The number of hydrogen-bond donors (Lipinski definition) is 1. The van der Waals surface area contributed by atoms with E-state index in [9.17, 15) is 14.7 Å². The van der Waals surface area contributed by atoms with Crippen molar-refractivity contribution in [2.45, 2.75) is 45.1 Å². The topological polar surface area (TPSA) is 70.5 Å². The van der Waals surface area contributed by atoms with E-state index in [0.29, 0.717) is 18.4 Å². The second-order valence-corrected chi connectivity index (χ2v) is 7.28. The molecule has 0 radical (unpaired) electrons. The molecule has 1 atom stereocenters. The van der Waals surface area contributed by atoms with E-state index >= 15 is 0 Å². The summed E-state index contributed by atoms with van der Waals surface area (Å²) in [7, 11) is 0. The Bertz CT molecular complexity index is 772. The molecule has 25 heavy (non-hydrogen) atoms. The monoisotopic (exact) mass is 358 g/mol. The third-order valence-electron chi connectivity index (χ3n) is 4.60. The highest BCUT2D eigenvalue weighted by molar-refractivity contribution is 7.09. The quantitative estimate of drug-likeness (QED) is 0.882. The number of nitrogens with zero attached hydrogens (tertiary/aromatic N) is 2. The zero-order chi connectivity index (χ0) is 17.8. The van der Waals surface area contributed by atoms with E-state index < -0.39 is 5.97 Å². The molecule has 2 heterocycles. The van der Waals surface area contributed by atoms with Crippen LogP contribution in [0.5, 0.6) is 0 Å². The molecule has 1 aromatic carbocycles. The second-order valence-electron chi connectivity index (χ2n) is 6.39. The highest BCUT2D eigenvalue weighted by atomic mass is 32.1. The molecule has 1 amide bonds. The number of benzene rings is 1. The van der Waals surface area contributed by atoms with Crippen LogP contribution >= 0.6 is 11.3 Å². The molecule has 1 aliphatic heterocycles. The summed E-state index contributed by atoms with van der Waals surface area (Å²) in [5.74, 6) is -0.866. The lowest BCUT2D eigenvalue weighted by atomic mass is 9.99. The number of likely N-dealkylation sites (tertiary alicyclic amines) is 1. The summed E-state index contributed by atoms with van der Waals surface area (Å²) >= 11 is 1.62. The first kappa shape index (κ1) is 17.6. The van der Waals surface area contributed by atoms with Crippen LogP contribution in [0.25, 0.3) is 0 Å². The van der Waals surface area contributed by atoms with Crippen LogP contribution in [0.2, 0.25) is 0 Å². The molecule has 1 saturated heterocycles. The van der Waals surface area contributed by atoms with Gasteiger partial charge in [0.1, 0.15) is 5.01 Å². The Hall–Kier alpha value is -2.21. The zero-order valence-electron chi connectivity index (χ0n) is 14.3. The van der Waals surface area contributed by atoms with Gasteiger partial charge in [-0.15, -0.1) is 11.3 Å². The van der Waals surface area contributed by atoms with Crippen molar-refractivity contribution in [1.82, 2.24) is 9.88 Å². The van der Waals surface area contributed by atoms with E-state index in [-0.39, 0.29) is 17.5 Å². The summed E-state index contributed by atoms with van der Waals surface area (Å²) in [6, 6.07) is 6.96. The van der Waals surface area contributed by atoms with E-state index in [1.165, 1.54) is 0 Å². The summed E-state index contributed by atoms with van der Waals surface area (Å²) in [4.78, 5) is 30.6. The number of amides is 1. The van der Waals surface area contributed by atoms with E-state index in [2.05, 4.69) is 4.98 Å². The molecule has 6 heteroatoms. The normalized spacial score (nSPS) is 17.5. The minimum Gasteiger partial charge on any atom is -0.478 e. The summed E-state index contributed by atoms with van der Waals surface area (Å²) in [6.07, 6.45) is 3.84. The standard InChI is InChI=1S/C19H22N2O3S/c1-13-12-25-18(20-13)16-8-4-5-11-21(16)17(22)10-9-14-6-2-3-7-15(14)19(23)24/h2-3,6-7,12,16H,4-5,8-11H2,1H3,(H,23,24). The van der Waals surface area contributed by atoms with Crippen molar-refractivity contribution in [3.8, 4) is 0 Å². The maximum Gasteiger partial charge on any atom is 0.335 e. The minimum absolute atomic E-state index is 0.0645. The number of rotatable bonds is 5. The first-order valence-electron chi connectivity index (χ1n) is 8.59. The van der Waals surface area contributed by atoms with Crippen LogP contribution in [0.4, 0.5) is 0 Å². The fraction of sp³-hybridized carbons (Fsp3) is 0.421. The Morgan fingerprint density at radius 1 is 1.32 bits per heavy atom. The zero-order valence-corrected chi connectivity index (χ0v) is 15.1. The van der Waals surface area contributed by atoms with Gasteiger partial charge in [-0.25, -0.2) is 9.78 Å². The molecule has 1 aliphatic rings. The first-order valence-corrected chi connectivity index (χ1v) is 9.47. The Labute approximate surface area is 151 Å². The highest BCUT2D eigenvalue weighted by Crippen LogP contribution is 2.33. The van der Waals surface area contributed by atoms with Crippen LogP contribution in [0.15, 0.2) is 29.6 Å². The van der Waals surface area contributed by atoms with Crippen molar-refractivity contribution in [2.75, 3.05) is 6.54 Å². The van der Waals surface area contributed by atoms with Crippen LogP contribution in [0.1, 0.15) is 58.3 Å². The average molecular weight is 358 g/mol. The van der Waals surface area contributed by atoms with Crippen LogP contribution in [0.3, 0.4) is 0 Å². The molecule has 0 saturated carbocycles. The number of carboxylic acid groups (broad SMARTS) is 1. The van der Waals surface area contributed by atoms with Crippen LogP contribution in [-0.2, 0) is 11.2 Å². The van der Waals surface area contributed by atoms with E-state index in [1.807, 2.05) is 23.3 Å². The van der Waals surface area contributed by atoms with Crippen molar-refractivity contribution in [3.63, 3.8) is 0 Å². The van der Waals surface area contributed by atoms with Crippen molar-refractivity contribution in [1.29, 1.82) is 0 Å². The number of carboxylic acids is 1.